The van der Waals surface area contributed by atoms with E-state index in [1.165, 1.54) is 12.1 Å². The van der Waals surface area contributed by atoms with Gasteiger partial charge in [-0.3, -0.25) is 0 Å². The number of rotatable bonds is 10. The lowest BCUT2D eigenvalue weighted by Crippen LogP contribution is -2.43. The fourth-order valence-corrected chi connectivity index (χ4v) is 6.97. The van der Waals surface area contributed by atoms with Crippen molar-refractivity contribution in [2.75, 3.05) is 6.61 Å². The molecule has 47 heavy (non-hydrogen) atoms. The van der Waals surface area contributed by atoms with Crippen LogP contribution in [-0.2, 0) is 38.0 Å². The molecule has 2 saturated carbocycles. The maximum Gasteiger partial charge on any atom is 0.509 e. The van der Waals surface area contributed by atoms with Crippen LogP contribution in [0.1, 0.15) is 78.4 Å². The fourth-order valence-electron chi connectivity index (χ4n) is 6.97. The summed E-state index contributed by atoms with van der Waals surface area (Å²) in [5.41, 5.74) is -3.41. The Morgan fingerprint density at radius 1 is 0.894 bits per heavy atom. The zero-order chi connectivity index (χ0) is 33.8. The van der Waals surface area contributed by atoms with Gasteiger partial charge >= 0.3 is 18.5 Å². The van der Waals surface area contributed by atoms with Gasteiger partial charge in [0.1, 0.15) is 18.7 Å². The van der Waals surface area contributed by atoms with E-state index in [4.69, 9.17) is 14.2 Å². The second-order valence-electron chi connectivity index (χ2n) is 12.1. The molecule has 2 aliphatic rings. The molecule has 252 valence electrons. The van der Waals surface area contributed by atoms with Crippen molar-refractivity contribution < 1.29 is 54.5 Å². The molecule has 0 bridgehead atoms. The maximum atomic E-state index is 13.8. The summed E-state index contributed by atoms with van der Waals surface area (Å²) < 4.78 is 114. The Balaban J connectivity index is 1.51. The van der Waals surface area contributed by atoms with Crippen molar-refractivity contribution in [3.05, 3.63) is 106 Å². The lowest BCUT2D eigenvalue weighted by atomic mass is 9.74. The zero-order valence-corrected chi connectivity index (χ0v) is 25.2. The van der Waals surface area contributed by atoms with Gasteiger partial charge in [0.2, 0.25) is 0 Å². The highest BCUT2D eigenvalue weighted by Crippen LogP contribution is 2.55. The molecule has 3 aromatic rings. The summed E-state index contributed by atoms with van der Waals surface area (Å²) in [7, 11) is 0. The van der Waals surface area contributed by atoms with E-state index in [1.54, 1.807) is 42.5 Å². The van der Waals surface area contributed by atoms with Gasteiger partial charge in [0.15, 0.2) is 6.10 Å². The van der Waals surface area contributed by atoms with Crippen LogP contribution in [0.2, 0.25) is 0 Å². The van der Waals surface area contributed by atoms with Crippen LogP contribution >= 0.6 is 0 Å². The number of carbonyl (C=O) groups is 2. The molecule has 4 unspecified atom stereocenters. The highest BCUT2D eigenvalue weighted by Gasteiger charge is 2.52. The molecule has 5 rings (SSSR count). The monoisotopic (exact) mass is 666 g/mol. The Morgan fingerprint density at radius 2 is 1.55 bits per heavy atom. The van der Waals surface area contributed by atoms with Crippen LogP contribution in [0.15, 0.2) is 72.8 Å². The molecule has 0 aromatic heterocycles. The quantitative estimate of drug-likeness (QED) is 0.123. The van der Waals surface area contributed by atoms with Crippen LogP contribution in [0.25, 0.3) is 0 Å². The molecule has 0 heterocycles. The largest absolute Gasteiger partial charge is 0.509 e. The highest BCUT2D eigenvalue weighted by molar-refractivity contribution is 5.60. The van der Waals surface area contributed by atoms with Gasteiger partial charge in [0, 0.05) is 11.8 Å². The second-order valence-corrected chi connectivity index (χ2v) is 12.1. The normalized spacial score (nSPS) is 23.8. The molecule has 2 fully saturated rings. The van der Waals surface area contributed by atoms with E-state index in [-0.39, 0.29) is 30.4 Å². The molecule has 0 amide bonds. The lowest BCUT2D eigenvalue weighted by Gasteiger charge is -2.42. The molecule has 0 aliphatic heterocycles. The van der Waals surface area contributed by atoms with Crippen LogP contribution in [0, 0.1) is 17.7 Å². The standard InChI is InChI=1S/C35H33F7O5/c36-29-12-9-24(10-13-29)30-7-4-14-33(30,26-11-8-23(15-26)19-43)46-21-31(47-32(44)45-20-22-5-2-1-3-6-22)25-16-27(34(37,38)39)18-28(17-25)35(40,41)42/h1-3,5-6,9-10,12-13,16-19,23,26,30-31H,4,7-8,11,14-15,20-21H2/t23?,26?,30?,31-,33?/m0/s1. The lowest BCUT2D eigenvalue weighted by molar-refractivity contribution is -0.144. The summed E-state index contributed by atoms with van der Waals surface area (Å²) in [4.78, 5) is 24.6. The van der Waals surface area contributed by atoms with E-state index >= 15 is 0 Å². The summed E-state index contributed by atoms with van der Waals surface area (Å²) in [5.74, 6) is -1.22. The third-order valence-corrected chi connectivity index (χ3v) is 9.20. The minimum atomic E-state index is -5.14. The Labute approximate surface area is 267 Å². The minimum Gasteiger partial charge on any atom is -0.429 e. The van der Waals surface area contributed by atoms with Crippen LogP contribution in [-0.4, -0.2) is 24.6 Å². The van der Waals surface area contributed by atoms with Gasteiger partial charge in [-0.1, -0.05) is 42.5 Å². The zero-order valence-electron chi connectivity index (χ0n) is 25.2. The number of benzene rings is 3. The van der Waals surface area contributed by atoms with E-state index in [0.29, 0.717) is 56.2 Å². The molecule has 12 heteroatoms. The Bertz CT molecular complexity index is 1490. The molecule has 0 spiro atoms. The van der Waals surface area contributed by atoms with Crippen molar-refractivity contribution in [3.63, 3.8) is 0 Å². The van der Waals surface area contributed by atoms with Crippen molar-refractivity contribution in [3.8, 4) is 0 Å². The first-order valence-electron chi connectivity index (χ1n) is 15.3. The van der Waals surface area contributed by atoms with Gasteiger partial charge in [0.05, 0.1) is 23.3 Å². The highest BCUT2D eigenvalue weighted by atomic mass is 19.4. The van der Waals surface area contributed by atoms with Crippen molar-refractivity contribution >= 4 is 12.4 Å². The molecule has 0 N–H and O–H groups in total. The molecular formula is C35H33F7O5. The molecule has 0 radical (unpaired) electrons. The van der Waals surface area contributed by atoms with Crippen molar-refractivity contribution in [2.24, 2.45) is 11.8 Å². The van der Waals surface area contributed by atoms with Crippen molar-refractivity contribution in [1.29, 1.82) is 0 Å². The first-order chi connectivity index (χ1) is 22.3. The van der Waals surface area contributed by atoms with Crippen molar-refractivity contribution in [1.82, 2.24) is 0 Å². The summed E-state index contributed by atoms with van der Waals surface area (Å²) >= 11 is 0. The predicted molar refractivity (Wildman–Crippen MR) is 155 cm³/mol. The van der Waals surface area contributed by atoms with Gasteiger partial charge in [0.25, 0.3) is 0 Å². The number of alkyl halides is 6. The first-order valence-corrected chi connectivity index (χ1v) is 15.3. The number of ether oxygens (including phenoxy) is 3. The number of aldehydes is 1. The maximum absolute atomic E-state index is 13.8. The van der Waals surface area contributed by atoms with E-state index in [1.807, 2.05) is 0 Å². The van der Waals surface area contributed by atoms with Crippen LogP contribution in [0.5, 0.6) is 0 Å². The molecule has 5 nitrogen and oxygen atoms in total. The molecule has 2 aliphatic carbocycles. The van der Waals surface area contributed by atoms with E-state index in [9.17, 15) is 40.3 Å². The Hall–Kier alpha value is -3.93. The van der Waals surface area contributed by atoms with Gasteiger partial charge in [-0.05, 0) is 91.5 Å². The van der Waals surface area contributed by atoms with Gasteiger partial charge in [-0.25, -0.2) is 9.18 Å². The summed E-state index contributed by atoms with van der Waals surface area (Å²) in [6.07, 6.45) is -9.06. The smallest absolute Gasteiger partial charge is 0.429 e. The number of hydrogen-bond acceptors (Lipinski definition) is 5. The molecule has 5 atom stereocenters. The summed E-state index contributed by atoms with van der Waals surface area (Å²) in [6.45, 7) is -0.853. The topological polar surface area (TPSA) is 61.8 Å². The Morgan fingerprint density at radius 3 is 2.15 bits per heavy atom. The SMILES string of the molecule is O=CC1CCC(C2(OC[C@H](OC(=O)OCc3ccccc3)c3cc(C(F)(F)F)cc(C(F)(F)F)c3)CCCC2c2ccc(F)cc2)C1. The Kier molecular flexibility index (Phi) is 10.3. The predicted octanol–water partition coefficient (Wildman–Crippen LogP) is 9.60. The molecule has 3 aromatic carbocycles. The molecule has 0 saturated heterocycles. The third-order valence-electron chi connectivity index (χ3n) is 9.20. The van der Waals surface area contributed by atoms with Gasteiger partial charge in [-0.2, -0.15) is 26.3 Å². The number of carbonyl (C=O) groups excluding carboxylic acids is 2. The van der Waals surface area contributed by atoms with E-state index < -0.39 is 59.3 Å². The average molecular weight is 667 g/mol. The van der Waals surface area contributed by atoms with Gasteiger partial charge < -0.3 is 19.0 Å². The summed E-state index contributed by atoms with van der Waals surface area (Å²) in [5, 5.41) is 0. The third kappa shape index (κ3) is 8.14. The fraction of sp³-hybridized carbons (Fsp3) is 0.429. The van der Waals surface area contributed by atoms with Crippen molar-refractivity contribution in [2.45, 2.75) is 75.1 Å². The van der Waals surface area contributed by atoms with Crippen LogP contribution in [0.4, 0.5) is 35.5 Å². The minimum absolute atomic E-state index is 0.00371. The number of hydrogen-bond donors (Lipinski definition) is 0. The second kappa shape index (κ2) is 14.0. The summed E-state index contributed by atoms with van der Waals surface area (Å²) in [6, 6.07) is 15.3. The number of halogens is 7. The molecular weight excluding hydrogens is 633 g/mol. The van der Waals surface area contributed by atoms with E-state index in [0.717, 1.165) is 11.8 Å². The van der Waals surface area contributed by atoms with Crippen LogP contribution < -0.4 is 0 Å². The van der Waals surface area contributed by atoms with Crippen LogP contribution in [0.3, 0.4) is 0 Å². The van der Waals surface area contributed by atoms with E-state index in [2.05, 4.69) is 0 Å². The van der Waals surface area contributed by atoms with Gasteiger partial charge in [-0.15, -0.1) is 0 Å². The average Bonchev–Trinajstić information content (AvgIpc) is 3.70. The first kappa shape index (κ1) is 34.4.